The number of hydrogen-bond acceptors (Lipinski definition) is 6. The SMILES string of the molecule is Nc1c(C(=O)O)ccnc1N1CCCC2(C1)OCCO2. The summed E-state index contributed by atoms with van der Waals surface area (Å²) in [6.45, 7) is 2.46. The second kappa shape index (κ2) is 4.92. The predicted molar refractivity (Wildman–Crippen MR) is 71.7 cm³/mol. The molecule has 1 spiro atoms. The summed E-state index contributed by atoms with van der Waals surface area (Å²) in [6, 6.07) is 1.41. The highest BCUT2D eigenvalue weighted by Crippen LogP contribution is 2.34. The second-order valence-electron chi connectivity index (χ2n) is 5.03. The molecule has 0 unspecified atom stereocenters. The summed E-state index contributed by atoms with van der Waals surface area (Å²) >= 11 is 0. The average molecular weight is 279 g/mol. The van der Waals surface area contributed by atoms with E-state index in [0.717, 1.165) is 19.4 Å². The van der Waals surface area contributed by atoms with E-state index in [9.17, 15) is 4.79 Å². The lowest BCUT2D eigenvalue weighted by molar-refractivity contribution is -0.161. The molecule has 20 heavy (non-hydrogen) atoms. The Hall–Kier alpha value is -1.86. The van der Waals surface area contributed by atoms with Crippen molar-refractivity contribution in [2.45, 2.75) is 18.6 Å². The van der Waals surface area contributed by atoms with Gasteiger partial charge in [-0.25, -0.2) is 9.78 Å². The molecule has 7 nitrogen and oxygen atoms in total. The van der Waals surface area contributed by atoms with E-state index in [4.69, 9.17) is 20.3 Å². The molecule has 2 aliphatic heterocycles. The van der Waals surface area contributed by atoms with Gasteiger partial charge < -0.3 is 25.2 Å². The number of nitrogens with zero attached hydrogens (tertiary/aromatic N) is 2. The van der Waals surface area contributed by atoms with Crippen LogP contribution in [0.2, 0.25) is 0 Å². The molecule has 2 aliphatic rings. The fourth-order valence-electron chi connectivity index (χ4n) is 2.80. The minimum Gasteiger partial charge on any atom is -0.478 e. The highest BCUT2D eigenvalue weighted by Gasteiger charge is 2.41. The number of anilines is 2. The van der Waals surface area contributed by atoms with E-state index in [1.165, 1.54) is 12.3 Å². The van der Waals surface area contributed by atoms with Gasteiger partial charge in [-0.15, -0.1) is 0 Å². The van der Waals surface area contributed by atoms with Gasteiger partial charge in [-0.2, -0.15) is 0 Å². The van der Waals surface area contributed by atoms with Crippen LogP contribution >= 0.6 is 0 Å². The monoisotopic (exact) mass is 279 g/mol. The van der Waals surface area contributed by atoms with Crippen LogP contribution in [0.3, 0.4) is 0 Å². The first-order chi connectivity index (χ1) is 9.61. The van der Waals surface area contributed by atoms with Gasteiger partial charge in [-0.3, -0.25) is 0 Å². The minimum atomic E-state index is -1.05. The molecule has 3 rings (SSSR count). The Labute approximate surface area is 116 Å². The number of piperidine rings is 1. The molecule has 0 amide bonds. The zero-order chi connectivity index (χ0) is 14.2. The van der Waals surface area contributed by atoms with Crippen LogP contribution in [0.25, 0.3) is 0 Å². The molecule has 1 aromatic heterocycles. The normalized spacial score (nSPS) is 21.3. The van der Waals surface area contributed by atoms with Crippen molar-refractivity contribution < 1.29 is 19.4 Å². The molecule has 3 N–H and O–H groups in total. The van der Waals surface area contributed by atoms with Crippen LogP contribution in [0, 0.1) is 0 Å². The zero-order valence-corrected chi connectivity index (χ0v) is 11.0. The van der Waals surface area contributed by atoms with Crippen LogP contribution in [-0.2, 0) is 9.47 Å². The molecule has 1 aromatic rings. The third-order valence-corrected chi connectivity index (χ3v) is 3.73. The standard InChI is InChI=1S/C13H17N3O4/c14-10-9(12(17)18)2-4-15-11(10)16-5-1-3-13(8-16)19-6-7-20-13/h2,4H,1,3,5-8,14H2,(H,17,18). The van der Waals surface area contributed by atoms with Crippen molar-refractivity contribution in [3.8, 4) is 0 Å². The van der Waals surface area contributed by atoms with Gasteiger partial charge in [0.05, 0.1) is 31.0 Å². The summed E-state index contributed by atoms with van der Waals surface area (Å²) in [5.74, 6) is -1.15. The number of carboxylic acid groups (broad SMARTS) is 1. The zero-order valence-electron chi connectivity index (χ0n) is 11.0. The topological polar surface area (TPSA) is 97.9 Å². The summed E-state index contributed by atoms with van der Waals surface area (Å²) in [5, 5.41) is 9.12. The molecule has 3 heterocycles. The van der Waals surface area contributed by atoms with Crippen LogP contribution in [0.15, 0.2) is 12.3 Å². The Bertz CT molecular complexity index is 528. The number of rotatable bonds is 2. The van der Waals surface area contributed by atoms with Crippen LogP contribution in [0.4, 0.5) is 11.5 Å². The Morgan fingerprint density at radius 1 is 1.45 bits per heavy atom. The van der Waals surface area contributed by atoms with Crippen LogP contribution < -0.4 is 10.6 Å². The first-order valence-corrected chi connectivity index (χ1v) is 6.62. The maximum absolute atomic E-state index is 11.1. The lowest BCUT2D eigenvalue weighted by Crippen LogP contribution is -2.49. The number of nitrogen functional groups attached to an aromatic ring is 1. The van der Waals surface area contributed by atoms with Gasteiger partial charge in [-0.05, 0) is 12.5 Å². The van der Waals surface area contributed by atoms with Crippen molar-refractivity contribution in [1.29, 1.82) is 0 Å². The first kappa shape index (κ1) is 13.1. The van der Waals surface area contributed by atoms with Crippen molar-refractivity contribution in [3.63, 3.8) is 0 Å². The second-order valence-corrected chi connectivity index (χ2v) is 5.03. The lowest BCUT2D eigenvalue weighted by atomic mass is 10.0. The van der Waals surface area contributed by atoms with Gasteiger partial charge >= 0.3 is 5.97 Å². The Kier molecular flexibility index (Phi) is 3.23. The fourth-order valence-corrected chi connectivity index (χ4v) is 2.80. The van der Waals surface area contributed by atoms with Crippen LogP contribution in [0.5, 0.6) is 0 Å². The van der Waals surface area contributed by atoms with Gasteiger partial charge in [0.1, 0.15) is 0 Å². The minimum absolute atomic E-state index is 0.0721. The van der Waals surface area contributed by atoms with Gasteiger partial charge in [0.15, 0.2) is 11.6 Å². The maximum atomic E-state index is 11.1. The molecule has 0 radical (unpaired) electrons. The van der Waals surface area contributed by atoms with Crippen molar-refractivity contribution in [3.05, 3.63) is 17.8 Å². The number of carbonyl (C=O) groups is 1. The third-order valence-electron chi connectivity index (χ3n) is 3.73. The third kappa shape index (κ3) is 2.19. The Morgan fingerprint density at radius 3 is 2.90 bits per heavy atom. The van der Waals surface area contributed by atoms with Gasteiger partial charge in [0, 0.05) is 19.2 Å². The number of aromatic carboxylic acids is 1. The molecule has 0 atom stereocenters. The average Bonchev–Trinajstić information content (AvgIpc) is 2.86. The quantitative estimate of drug-likeness (QED) is 0.822. The Morgan fingerprint density at radius 2 is 2.20 bits per heavy atom. The lowest BCUT2D eigenvalue weighted by Gasteiger charge is -2.39. The Balaban J connectivity index is 1.89. The highest BCUT2D eigenvalue weighted by atomic mass is 16.7. The van der Waals surface area contributed by atoms with Crippen molar-refractivity contribution in [1.82, 2.24) is 4.98 Å². The smallest absolute Gasteiger partial charge is 0.337 e. The molecule has 2 saturated heterocycles. The van der Waals surface area contributed by atoms with E-state index in [1.54, 1.807) is 0 Å². The molecule has 7 heteroatoms. The largest absolute Gasteiger partial charge is 0.478 e. The van der Waals surface area contributed by atoms with E-state index < -0.39 is 11.8 Å². The molecule has 0 aromatic carbocycles. The van der Waals surface area contributed by atoms with E-state index >= 15 is 0 Å². The van der Waals surface area contributed by atoms with E-state index in [2.05, 4.69) is 4.98 Å². The molecule has 2 fully saturated rings. The van der Waals surface area contributed by atoms with E-state index in [0.29, 0.717) is 25.6 Å². The van der Waals surface area contributed by atoms with Gasteiger partial charge in [0.25, 0.3) is 0 Å². The van der Waals surface area contributed by atoms with E-state index in [1.807, 2.05) is 4.90 Å². The molecular formula is C13H17N3O4. The number of ether oxygens (including phenoxy) is 2. The van der Waals surface area contributed by atoms with Gasteiger partial charge in [-0.1, -0.05) is 0 Å². The molecule has 0 bridgehead atoms. The summed E-state index contributed by atoms with van der Waals surface area (Å²) in [5.41, 5.74) is 6.20. The highest BCUT2D eigenvalue weighted by molar-refractivity contribution is 5.96. The van der Waals surface area contributed by atoms with Crippen LogP contribution in [-0.4, -0.2) is 48.2 Å². The number of hydrogen-bond donors (Lipinski definition) is 2. The van der Waals surface area contributed by atoms with Gasteiger partial charge in [0.2, 0.25) is 0 Å². The molecule has 0 aliphatic carbocycles. The molecule has 0 saturated carbocycles. The number of aromatic nitrogens is 1. The summed E-state index contributed by atoms with van der Waals surface area (Å²) in [4.78, 5) is 17.3. The summed E-state index contributed by atoms with van der Waals surface area (Å²) < 4.78 is 11.4. The molecular weight excluding hydrogens is 262 g/mol. The van der Waals surface area contributed by atoms with E-state index in [-0.39, 0.29) is 11.3 Å². The number of nitrogens with two attached hydrogens (primary N) is 1. The maximum Gasteiger partial charge on any atom is 0.337 e. The number of pyridine rings is 1. The van der Waals surface area contributed by atoms with Crippen molar-refractivity contribution >= 4 is 17.5 Å². The molecule has 108 valence electrons. The summed E-state index contributed by atoms with van der Waals surface area (Å²) in [6.07, 6.45) is 3.19. The summed E-state index contributed by atoms with van der Waals surface area (Å²) in [7, 11) is 0. The van der Waals surface area contributed by atoms with Crippen molar-refractivity contribution in [2.75, 3.05) is 36.9 Å². The first-order valence-electron chi connectivity index (χ1n) is 6.62. The van der Waals surface area contributed by atoms with Crippen molar-refractivity contribution in [2.24, 2.45) is 0 Å². The number of carboxylic acids is 1. The van der Waals surface area contributed by atoms with Crippen LogP contribution in [0.1, 0.15) is 23.2 Å². The predicted octanol–water partition coefficient (Wildman–Crippen LogP) is 0.705. The fraction of sp³-hybridized carbons (Fsp3) is 0.538.